The van der Waals surface area contributed by atoms with Crippen LogP contribution in [-0.2, 0) is 21.4 Å². The average Bonchev–Trinajstić information content (AvgIpc) is 3.59. The molecular weight excluding hydrogens is 675 g/mol. The lowest BCUT2D eigenvalue weighted by Gasteiger charge is -2.22. The predicted molar refractivity (Wildman–Crippen MR) is 189 cm³/mol. The Morgan fingerprint density at radius 1 is 0.809 bits per heavy atom. The van der Waals surface area contributed by atoms with Crippen molar-refractivity contribution >= 4 is 56.6 Å². The van der Waals surface area contributed by atoms with Gasteiger partial charge in [-0.2, -0.15) is 8.42 Å². The van der Waals surface area contributed by atoms with Gasteiger partial charge in [-0.25, -0.2) is 14.0 Å². The Morgan fingerprint density at radius 2 is 1.51 bits per heavy atom. The zero-order chi connectivity index (χ0) is 32.7. The second-order valence-corrected chi connectivity index (χ2v) is 14.9. The van der Waals surface area contributed by atoms with Gasteiger partial charge in [0.2, 0.25) is 0 Å². The molecule has 1 amide bonds. The topological polar surface area (TPSA) is 84.3 Å². The van der Waals surface area contributed by atoms with Gasteiger partial charge >= 0.3 is 10.2 Å². The Hall–Kier alpha value is -3.82. The summed E-state index contributed by atoms with van der Waals surface area (Å²) in [5.74, 6) is 0.778. The summed E-state index contributed by atoms with van der Waals surface area (Å²) in [6.07, 6.45) is 8.90. The minimum atomic E-state index is -3.97. The second-order valence-electron chi connectivity index (χ2n) is 12.0. The maximum atomic E-state index is 12.4. The summed E-state index contributed by atoms with van der Waals surface area (Å²) in [5.41, 5.74) is 7.03. The van der Waals surface area contributed by atoms with Crippen LogP contribution in [0.5, 0.6) is 0 Å². The van der Waals surface area contributed by atoms with E-state index in [-0.39, 0.29) is 17.3 Å². The lowest BCUT2D eigenvalue weighted by atomic mass is 9.83. The first-order valence-corrected chi connectivity index (χ1v) is 18.1. The molecular formula is C36H31Cl3N4O3S. The fourth-order valence-electron chi connectivity index (χ4n) is 6.48. The molecule has 1 aliphatic carbocycles. The molecule has 4 aromatic carbocycles. The summed E-state index contributed by atoms with van der Waals surface area (Å²) >= 11 is 19.5. The normalized spacial score (nSPS) is 16.4. The van der Waals surface area contributed by atoms with Crippen LogP contribution in [0.2, 0.25) is 15.1 Å². The van der Waals surface area contributed by atoms with E-state index in [2.05, 4.69) is 48.5 Å². The van der Waals surface area contributed by atoms with Crippen molar-refractivity contribution in [2.45, 2.75) is 44.4 Å². The highest BCUT2D eigenvalue weighted by Gasteiger charge is 2.34. The molecule has 1 aliphatic heterocycles. The molecule has 47 heavy (non-hydrogen) atoms. The van der Waals surface area contributed by atoms with E-state index in [0.29, 0.717) is 45.2 Å². The summed E-state index contributed by atoms with van der Waals surface area (Å²) < 4.78 is 29.7. The highest BCUT2D eigenvalue weighted by molar-refractivity contribution is 7.92. The van der Waals surface area contributed by atoms with Gasteiger partial charge in [0.25, 0.3) is 5.91 Å². The Morgan fingerprint density at radius 3 is 2.15 bits per heavy atom. The van der Waals surface area contributed by atoms with Gasteiger partial charge < -0.3 is 4.57 Å². The zero-order valence-electron chi connectivity index (χ0n) is 25.3. The summed E-state index contributed by atoms with van der Waals surface area (Å²) in [6.45, 7) is -0.311. The number of rotatable bonds is 7. The minimum Gasteiger partial charge on any atom is -0.301 e. The number of carbonyl (C=O) groups excluding carboxylic acids is 1. The van der Waals surface area contributed by atoms with Crippen LogP contribution in [0, 0.1) is 0 Å². The summed E-state index contributed by atoms with van der Waals surface area (Å²) in [7, 11) is -3.97. The monoisotopic (exact) mass is 704 g/mol. The second kappa shape index (κ2) is 13.0. The predicted octanol–water partition coefficient (Wildman–Crippen LogP) is 8.99. The highest BCUT2D eigenvalue weighted by Crippen LogP contribution is 2.36. The third-order valence-electron chi connectivity index (χ3n) is 8.92. The number of amides is 1. The number of carbonyl (C=O) groups is 1. The lowest BCUT2D eigenvalue weighted by molar-refractivity contribution is -0.117. The van der Waals surface area contributed by atoms with E-state index < -0.39 is 16.1 Å². The largest absolute Gasteiger partial charge is 0.326 e. The Kier molecular flexibility index (Phi) is 8.78. The molecule has 2 fully saturated rings. The first kappa shape index (κ1) is 31.8. The number of halogens is 3. The molecule has 1 saturated heterocycles. The van der Waals surface area contributed by atoms with Crippen molar-refractivity contribution in [3.8, 4) is 28.1 Å². The standard InChI is InChI=1S/C36H31Cl3N4O3S/c37-28-14-16-30(31(38)19-28)33-21-42(34-17-15-29(20-32(34)39)43-22-36(44)41-47(43,45)46)35(40-33)18-23-6-8-25(9-7-23)27-12-10-26(11-13-27)24-4-2-1-3-5-24/h6-17,19-21,24H,1-5,18,22H2,(H,41,44). The molecule has 2 aliphatic rings. The fraction of sp³-hybridized carbons (Fsp3) is 0.222. The molecule has 0 unspecified atom stereocenters. The third-order valence-corrected chi connectivity index (χ3v) is 11.2. The molecule has 1 saturated carbocycles. The van der Waals surface area contributed by atoms with E-state index >= 15 is 0 Å². The number of imidazole rings is 1. The van der Waals surface area contributed by atoms with Crippen LogP contribution in [-0.4, -0.2) is 30.4 Å². The first-order chi connectivity index (χ1) is 22.6. The van der Waals surface area contributed by atoms with E-state index in [1.165, 1.54) is 49.3 Å². The Balaban J connectivity index is 1.19. The molecule has 0 bridgehead atoms. The maximum Gasteiger partial charge on any atom is 0.326 e. The van der Waals surface area contributed by atoms with E-state index in [4.69, 9.17) is 39.8 Å². The van der Waals surface area contributed by atoms with E-state index in [1.807, 2.05) is 21.6 Å². The SMILES string of the molecule is O=C1CN(c2ccc(-n3cc(-c4ccc(Cl)cc4Cl)nc3Cc3ccc(-c4ccc(C5CCCCC5)cc4)cc3)c(Cl)c2)S(=O)(=O)N1. The van der Waals surface area contributed by atoms with Crippen LogP contribution in [0.25, 0.3) is 28.1 Å². The highest BCUT2D eigenvalue weighted by atomic mass is 35.5. The molecule has 1 N–H and O–H groups in total. The molecule has 0 spiro atoms. The smallest absolute Gasteiger partial charge is 0.301 e. The number of hydrogen-bond acceptors (Lipinski definition) is 4. The van der Waals surface area contributed by atoms with Gasteiger partial charge in [0.15, 0.2) is 0 Å². The molecule has 0 radical (unpaired) electrons. The molecule has 1 aromatic heterocycles. The quantitative estimate of drug-likeness (QED) is 0.183. The molecule has 2 heterocycles. The van der Waals surface area contributed by atoms with Crippen LogP contribution in [0.3, 0.4) is 0 Å². The van der Waals surface area contributed by atoms with Crippen molar-refractivity contribution in [3.05, 3.63) is 123 Å². The van der Waals surface area contributed by atoms with E-state index in [9.17, 15) is 13.2 Å². The molecule has 240 valence electrons. The van der Waals surface area contributed by atoms with Crippen molar-refractivity contribution in [3.63, 3.8) is 0 Å². The van der Waals surface area contributed by atoms with Crippen LogP contribution < -0.4 is 9.03 Å². The third kappa shape index (κ3) is 6.65. The van der Waals surface area contributed by atoms with E-state index in [0.717, 1.165) is 15.4 Å². The minimum absolute atomic E-state index is 0.280. The molecule has 5 aromatic rings. The molecule has 11 heteroatoms. The summed E-state index contributed by atoms with van der Waals surface area (Å²) in [5, 5.41) is 1.27. The molecule has 7 rings (SSSR count). The van der Waals surface area contributed by atoms with Gasteiger partial charge in [0, 0.05) is 23.2 Å². The van der Waals surface area contributed by atoms with Crippen LogP contribution in [0.1, 0.15) is 55.0 Å². The number of hydrogen-bond donors (Lipinski definition) is 1. The van der Waals surface area contributed by atoms with Crippen LogP contribution >= 0.6 is 34.8 Å². The van der Waals surface area contributed by atoms with Gasteiger partial charge in [-0.05, 0) is 77.4 Å². The van der Waals surface area contributed by atoms with Gasteiger partial charge in [-0.3, -0.25) is 4.79 Å². The van der Waals surface area contributed by atoms with Gasteiger partial charge in [0.05, 0.1) is 27.1 Å². The van der Waals surface area contributed by atoms with Crippen LogP contribution in [0.4, 0.5) is 5.69 Å². The zero-order valence-corrected chi connectivity index (χ0v) is 28.4. The van der Waals surface area contributed by atoms with Gasteiger partial charge in [0.1, 0.15) is 12.4 Å². The first-order valence-electron chi connectivity index (χ1n) is 15.5. The van der Waals surface area contributed by atoms with Gasteiger partial charge in [-0.1, -0.05) is 103 Å². The number of nitrogens with zero attached hydrogens (tertiary/aromatic N) is 3. The Bertz CT molecular complexity index is 2070. The van der Waals surface area contributed by atoms with Crippen molar-refractivity contribution in [1.82, 2.24) is 14.3 Å². The summed E-state index contributed by atoms with van der Waals surface area (Å²) in [4.78, 5) is 16.8. The van der Waals surface area contributed by atoms with Crippen molar-refractivity contribution < 1.29 is 13.2 Å². The van der Waals surface area contributed by atoms with Crippen LogP contribution in [0.15, 0.2) is 91.1 Å². The summed E-state index contributed by atoms with van der Waals surface area (Å²) in [6, 6.07) is 27.6. The average molecular weight is 706 g/mol. The maximum absolute atomic E-state index is 12.4. The van der Waals surface area contributed by atoms with E-state index in [1.54, 1.807) is 24.3 Å². The number of aromatic nitrogens is 2. The fourth-order valence-corrected chi connectivity index (χ4v) is 8.40. The van der Waals surface area contributed by atoms with Crippen molar-refractivity contribution in [2.75, 3.05) is 10.8 Å². The van der Waals surface area contributed by atoms with Crippen molar-refractivity contribution in [2.24, 2.45) is 0 Å². The number of benzene rings is 4. The van der Waals surface area contributed by atoms with Crippen molar-refractivity contribution in [1.29, 1.82) is 0 Å². The Labute approximate surface area is 289 Å². The molecule has 0 atom stereocenters. The molecule has 7 nitrogen and oxygen atoms in total. The van der Waals surface area contributed by atoms with Gasteiger partial charge in [-0.15, -0.1) is 0 Å². The number of nitrogens with one attached hydrogen (secondary N) is 1. The lowest BCUT2D eigenvalue weighted by Crippen LogP contribution is -2.29. The number of anilines is 1.